The van der Waals surface area contributed by atoms with Gasteiger partial charge in [0.05, 0.1) is 6.26 Å². The summed E-state index contributed by atoms with van der Waals surface area (Å²) in [4.78, 5) is 0. The van der Waals surface area contributed by atoms with E-state index in [9.17, 15) is 5.11 Å². The van der Waals surface area contributed by atoms with Gasteiger partial charge in [-0.2, -0.15) is 0 Å². The molecule has 0 aliphatic heterocycles. The Morgan fingerprint density at radius 2 is 2.00 bits per heavy atom. The van der Waals surface area contributed by atoms with Crippen molar-refractivity contribution in [3.63, 3.8) is 0 Å². The van der Waals surface area contributed by atoms with Crippen LogP contribution < -0.4 is 4.74 Å². The maximum absolute atomic E-state index is 9.39. The highest BCUT2D eigenvalue weighted by Crippen LogP contribution is 2.26. The molecule has 3 rings (SSSR count). The Morgan fingerprint density at radius 3 is 2.84 bits per heavy atom. The smallest absolute Gasteiger partial charge is 0.137 e. The summed E-state index contributed by atoms with van der Waals surface area (Å²) in [6.45, 7) is 2.46. The fourth-order valence-corrected chi connectivity index (χ4v) is 2.06. The van der Waals surface area contributed by atoms with Crippen molar-refractivity contribution in [3.8, 4) is 11.5 Å². The summed E-state index contributed by atoms with van der Waals surface area (Å²) in [6.07, 6.45) is 1.67. The normalized spacial score (nSPS) is 10.8. The maximum atomic E-state index is 9.39. The molecule has 2 aromatic carbocycles. The quantitative estimate of drug-likeness (QED) is 0.767. The molecule has 3 heteroatoms. The van der Waals surface area contributed by atoms with Crippen LogP contribution in [0.5, 0.6) is 11.5 Å². The fourth-order valence-electron chi connectivity index (χ4n) is 2.06. The molecule has 0 radical (unpaired) electrons. The van der Waals surface area contributed by atoms with E-state index in [1.54, 1.807) is 18.4 Å². The van der Waals surface area contributed by atoms with Gasteiger partial charge in [-0.25, -0.2) is 0 Å². The summed E-state index contributed by atoms with van der Waals surface area (Å²) in [5.74, 6) is 1.07. The van der Waals surface area contributed by atoms with Gasteiger partial charge in [-0.15, -0.1) is 0 Å². The Hall–Kier alpha value is -2.42. The first-order valence-electron chi connectivity index (χ1n) is 6.11. The average Bonchev–Trinajstić information content (AvgIpc) is 2.80. The van der Waals surface area contributed by atoms with Gasteiger partial charge >= 0.3 is 0 Å². The van der Waals surface area contributed by atoms with Crippen molar-refractivity contribution in [2.75, 3.05) is 0 Å². The number of hydrogen-bond donors (Lipinski definition) is 1. The van der Waals surface area contributed by atoms with Crippen LogP contribution in [0.4, 0.5) is 0 Å². The van der Waals surface area contributed by atoms with Crippen molar-refractivity contribution < 1.29 is 14.3 Å². The van der Waals surface area contributed by atoms with Crippen molar-refractivity contribution in [2.45, 2.75) is 13.5 Å². The molecular weight excluding hydrogens is 240 g/mol. The first-order chi connectivity index (χ1) is 9.24. The van der Waals surface area contributed by atoms with Gasteiger partial charge in [-0.3, -0.25) is 0 Å². The van der Waals surface area contributed by atoms with Gasteiger partial charge in [0.25, 0.3) is 0 Å². The molecule has 0 saturated heterocycles. The number of phenolic OH excluding ortho intramolecular Hbond substituents is 1. The van der Waals surface area contributed by atoms with Crippen LogP contribution in [0.2, 0.25) is 0 Å². The minimum atomic E-state index is 0.202. The zero-order valence-electron chi connectivity index (χ0n) is 10.6. The second kappa shape index (κ2) is 4.69. The Balaban J connectivity index is 1.84. The lowest BCUT2D eigenvalue weighted by atomic mass is 10.2. The molecule has 19 heavy (non-hydrogen) atoms. The van der Waals surface area contributed by atoms with Gasteiger partial charge in [0.2, 0.25) is 0 Å². The molecule has 0 spiro atoms. The molecule has 1 aromatic heterocycles. The molecular formula is C16H14O3. The molecule has 0 fully saturated rings. The van der Waals surface area contributed by atoms with E-state index >= 15 is 0 Å². The molecule has 0 bridgehead atoms. The largest absolute Gasteiger partial charge is 0.508 e. The van der Waals surface area contributed by atoms with Crippen LogP contribution in [-0.2, 0) is 6.61 Å². The number of fused-ring (bicyclic) bond motifs is 1. The second-order valence-corrected chi connectivity index (χ2v) is 4.50. The SMILES string of the molecule is Cc1ccccc1OCc1coc2cc(O)ccc12. The molecule has 1 heterocycles. The van der Waals surface area contributed by atoms with E-state index in [0.29, 0.717) is 12.2 Å². The summed E-state index contributed by atoms with van der Waals surface area (Å²) in [6, 6.07) is 13.0. The minimum absolute atomic E-state index is 0.202. The van der Waals surface area contributed by atoms with Crippen LogP contribution in [0.15, 0.2) is 53.1 Å². The molecule has 96 valence electrons. The lowest BCUT2D eigenvalue weighted by Crippen LogP contribution is -1.95. The molecule has 0 aliphatic carbocycles. The van der Waals surface area contributed by atoms with E-state index in [1.165, 1.54) is 0 Å². The van der Waals surface area contributed by atoms with Crippen LogP contribution >= 0.6 is 0 Å². The van der Waals surface area contributed by atoms with Gasteiger partial charge in [-0.05, 0) is 30.7 Å². The number of ether oxygens (including phenoxy) is 1. The number of rotatable bonds is 3. The van der Waals surface area contributed by atoms with Crippen molar-refractivity contribution in [2.24, 2.45) is 0 Å². The topological polar surface area (TPSA) is 42.6 Å². The molecule has 0 aliphatic rings. The monoisotopic (exact) mass is 254 g/mol. The second-order valence-electron chi connectivity index (χ2n) is 4.50. The molecule has 0 amide bonds. The predicted octanol–water partition coefficient (Wildman–Crippen LogP) is 4.03. The highest BCUT2D eigenvalue weighted by atomic mass is 16.5. The Morgan fingerprint density at radius 1 is 1.16 bits per heavy atom. The van der Waals surface area contributed by atoms with Crippen LogP contribution in [0.1, 0.15) is 11.1 Å². The number of furan rings is 1. The lowest BCUT2D eigenvalue weighted by Gasteiger charge is -2.07. The zero-order chi connectivity index (χ0) is 13.2. The third kappa shape index (κ3) is 2.27. The first-order valence-corrected chi connectivity index (χ1v) is 6.11. The van der Waals surface area contributed by atoms with E-state index in [-0.39, 0.29) is 5.75 Å². The Bertz CT molecular complexity index is 713. The fraction of sp³-hybridized carbons (Fsp3) is 0.125. The number of aromatic hydroxyl groups is 1. The van der Waals surface area contributed by atoms with Crippen LogP contribution in [0.3, 0.4) is 0 Å². The van der Waals surface area contributed by atoms with Crippen LogP contribution in [0, 0.1) is 6.92 Å². The van der Waals surface area contributed by atoms with Crippen molar-refractivity contribution in [1.29, 1.82) is 0 Å². The average molecular weight is 254 g/mol. The van der Waals surface area contributed by atoms with Gasteiger partial charge in [-0.1, -0.05) is 18.2 Å². The summed E-state index contributed by atoms with van der Waals surface area (Å²) in [5, 5.41) is 10.4. The molecule has 1 N–H and O–H groups in total. The van der Waals surface area contributed by atoms with Gasteiger partial charge in [0.1, 0.15) is 23.7 Å². The molecule has 0 saturated carbocycles. The standard InChI is InChI=1S/C16H14O3/c1-11-4-2-3-5-15(11)18-9-12-10-19-16-8-13(17)6-7-14(12)16/h2-8,10,17H,9H2,1H3. The highest BCUT2D eigenvalue weighted by Gasteiger charge is 2.07. The summed E-state index contributed by atoms with van der Waals surface area (Å²) in [5.41, 5.74) is 2.74. The number of para-hydroxylation sites is 1. The number of aryl methyl sites for hydroxylation is 1. The first kappa shape index (κ1) is 11.7. The molecule has 0 atom stereocenters. The molecule has 3 nitrogen and oxygen atoms in total. The maximum Gasteiger partial charge on any atom is 0.137 e. The number of benzene rings is 2. The number of phenols is 1. The molecule has 3 aromatic rings. The predicted molar refractivity (Wildman–Crippen MR) is 73.4 cm³/mol. The number of hydrogen-bond acceptors (Lipinski definition) is 3. The Labute approximate surface area is 111 Å². The lowest BCUT2D eigenvalue weighted by molar-refractivity contribution is 0.304. The minimum Gasteiger partial charge on any atom is -0.508 e. The van der Waals surface area contributed by atoms with Crippen molar-refractivity contribution in [3.05, 3.63) is 59.9 Å². The van der Waals surface area contributed by atoms with E-state index in [2.05, 4.69) is 0 Å². The third-order valence-corrected chi connectivity index (χ3v) is 3.12. The van der Waals surface area contributed by atoms with E-state index < -0.39 is 0 Å². The van der Waals surface area contributed by atoms with E-state index in [0.717, 1.165) is 22.3 Å². The highest BCUT2D eigenvalue weighted by molar-refractivity contribution is 5.82. The van der Waals surface area contributed by atoms with Crippen molar-refractivity contribution in [1.82, 2.24) is 0 Å². The Kier molecular flexibility index (Phi) is 2.88. The van der Waals surface area contributed by atoms with Crippen LogP contribution in [0.25, 0.3) is 11.0 Å². The van der Waals surface area contributed by atoms with Gasteiger partial charge < -0.3 is 14.3 Å². The van der Waals surface area contributed by atoms with E-state index in [1.807, 2.05) is 37.3 Å². The zero-order valence-corrected chi connectivity index (χ0v) is 10.6. The van der Waals surface area contributed by atoms with Gasteiger partial charge in [0, 0.05) is 17.0 Å². The third-order valence-electron chi connectivity index (χ3n) is 3.12. The van der Waals surface area contributed by atoms with E-state index in [4.69, 9.17) is 9.15 Å². The van der Waals surface area contributed by atoms with Crippen molar-refractivity contribution >= 4 is 11.0 Å². The summed E-state index contributed by atoms with van der Waals surface area (Å²) < 4.78 is 11.2. The van der Waals surface area contributed by atoms with Crippen LogP contribution in [-0.4, -0.2) is 5.11 Å². The van der Waals surface area contributed by atoms with Gasteiger partial charge in [0.15, 0.2) is 0 Å². The summed E-state index contributed by atoms with van der Waals surface area (Å²) >= 11 is 0. The molecule has 0 unspecified atom stereocenters. The summed E-state index contributed by atoms with van der Waals surface area (Å²) in [7, 11) is 0.